The van der Waals surface area contributed by atoms with E-state index in [4.69, 9.17) is 0 Å². The van der Waals surface area contributed by atoms with E-state index in [9.17, 15) is 14.0 Å². The number of hydrogen-bond acceptors (Lipinski definition) is 4. The number of hydrogen-bond donors (Lipinski definition) is 1. The maximum atomic E-state index is 14.1. The van der Waals surface area contributed by atoms with E-state index < -0.39 is 5.92 Å². The minimum atomic E-state index is -0.490. The van der Waals surface area contributed by atoms with Crippen molar-refractivity contribution in [3.63, 3.8) is 0 Å². The summed E-state index contributed by atoms with van der Waals surface area (Å²) in [4.78, 5) is 29.9. The van der Waals surface area contributed by atoms with E-state index in [0.29, 0.717) is 48.2 Å². The Labute approximate surface area is 187 Å². The van der Waals surface area contributed by atoms with Gasteiger partial charge < -0.3 is 4.90 Å². The molecule has 32 heavy (non-hydrogen) atoms. The Morgan fingerprint density at radius 3 is 2.50 bits per heavy atom. The third-order valence-corrected chi connectivity index (χ3v) is 6.41. The molecule has 0 saturated carbocycles. The topological polar surface area (TPSA) is 69.3 Å². The van der Waals surface area contributed by atoms with Crippen LogP contribution in [0.2, 0.25) is 0 Å². The van der Waals surface area contributed by atoms with Crippen molar-refractivity contribution in [1.82, 2.24) is 20.0 Å². The van der Waals surface area contributed by atoms with Gasteiger partial charge in [-0.3, -0.25) is 14.5 Å². The Morgan fingerprint density at radius 2 is 1.78 bits per heavy atom. The molecule has 0 spiro atoms. The first kappa shape index (κ1) is 22.1. The van der Waals surface area contributed by atoms with Crippen molar-refractivity contribution in [2.45, 2.75) is 39.3 Å². The number of nitrogens with zero attached hydrogens (tertiary/aromatic N) is 3. The summed E-state index contributed by atoms with van der Waals surface area (Å²) in [6, 6.07) is 14.1. The second-order valence-corrected chi connectivity index (χ2v) is 8.87. The first-order valence-electron chi connectivity index (χ1n) is 11.1. The van der Waals surface area contributed by atoms with Gasteiger partial charge >= 0.3 is 0 Å². The number of nitrogens with one attached hydrogen (secondary N) is 1. The monoisotopic (exact) mass is 436 g/mol. The minimum absolute atomic E-state index is 0.000978. The van der Waals surface area contributed by atoms with E-state index in [2.05, 4.69) is 28.9 Å². The number of halogens is 1. The molecule has 1 amide bonds. The summed E-state index contributed by atoms with van der Waals surface area (Å²) in [5, 5.41) is 8.01. The molecular formula is C25H29FN4O2. The van der Waals surface area contributed by atoms with Gasteiger partial charge in [0, 0.05) is 43.2 Å². The van der Waals surface area contributed by atoms with E-state index in [1.165, 1.54) is 6.07 Å². The van der Waals surface area contributed by atoms with Gasteiger partial charge in [0.05, 0.1) is 17.0 Å². The molecule has 0 aliphatic carbocycles. The number of piperazine rings is 1. The molecule has 1 unspecified atom stereocenters. The average Bonchev–Trinajstić information content (AvgIpc) is 2.80. The fraction of sp³-hybridized carbons (Fsp3) is 0.400. The molecule has 1 fully saturated rings. The zero-order chi connectivity index (χ0) is 22.8. The predicted molar refractivity (Wildman–Crippen MR) is 123 cm³/mol. The van der Waals surface area contributed by atoms with Crippen molar-refractivity contribution in [1.29, 1.82) is 0 Å². The molecule has 1 aromatic heterocycles. The molecule has 7 heteroatoms. The van der Waals surface area contributed by atoms with Crippen LogP contribution in [0.1, 0.15) is 37.9 Å². The Hall–Kier alpha value is -3.06. The molecule has 0 radical (unpaired) electrons. The molecular weight excluding hydrogens is 407 g/mol. The lowest BCUT2D eigenvalue weighted by Gasteiger charge is -2.44. The highest BCUT2D eigenvalue weighted by atomic mass is 19.1. The summed E-state index contributed by atoms with van der Waals surface area (Å²) >= 11 is 0. The lowest BCUT2D eigenvalue weighted by atomic mass is 9.95. The van der Waals surface area contributed by atoms with Crippen LogP contribution < -0.4 is 5.56 Å². The molecule has 2 atom stereocenters. The molecule has 1 aliphatic rings. The van der Waals surface area contributed by atoms with Crippen molar-refractivity contribution in [2.75, 3.05) is 19.6 Å². The van der Waals surface area contributed by atoms with Gasteiger partial charge in [0.25, 0.3) is 5.56 Å². The molecule has 4 rings (SSSR count). The van der Waals surface area contributed by atoms with Gasteiger partial charge in [-0.05, 0) is 25.0 Å². The molecule has 6 nitrogen and oxygen atoms in total. The molecule has 2 heterocycles. The summed E-state index contributed by atoms with van der Waals surface area (Å²) in [5.41, 5.74) is 0.999. The highest BCUT2D eigenvalue weighted by Crippen LogP contribution is 2.27. The fourth-order valence-corrected chi connectivity index (χ4v) is 4.56. The number of H-pyrrole nitrogens is 1. The zero-order valence-electron chi connectivity index (χ0n) is 18.7. The quantitative estimate of drug-likeness (QED) is 0.664. The van der Waals surface area contributed by atoms with Crippen LogP contribution in [0.5, 0.6) is 0 Å². The van der Waals surface area contributed by atoms with E-state index in [1.807, 2.05) is 36.1 Å². The van der Waals surface area contributed by atoms with E-state index in [0.717, 1.165) is 0 Å². The van der Waals surface area contributed by atoms with Crippen LogP contribution in [0.4, 0.5) is 4.39 Å². The van der Waals surface area contributed by atoms with Crippen molar-refractivity contribution >= 4 is 16.7 Å². The number of amides is 1. The van der Waals surface area contributed by atoms with Crippen LogP contribution in [0.3, 0.4) is 0 Å². The summed E-state index contributed by atoms with van der Waals surface area (Å²) < 4.78 is 14.1. The minimum Gasteiger partial charge on any atom is -0.336 e. The van der Waals surface area contributed by atoms with Gasteiger partial charge in [0.2, 0.25) is 5.91 Å². The summed E-state index contributed by atoms with van der Waals surface area (Å²) in [5.74, 6) is -0.443. The lowest BCUT2D eigenvalue weighted by molar-refractivity contribution is -0.139. The SMILES string of the molecule is CC(C(=O)N1CCN(Cc2ccccc2F)C[C@@H]1C(C)C)c1n[nH]c(=O)c2ccccc12. The zero-order valence-corrected chi connectivity index (χ0v) is 18.7. The van der Waals surface area contributed by atoms with Crippen LogP contribution in [0, 0.1) is 11.7 Å². The van der Waals surface area contributed by atoms with Crippen molar-refractivity contribution in [3.8, 4) is 0 Å². The van der Waals surface area contributed by atoms with Gasteiger partial charge in [0.1, 0.15) is 5.82 Å². The number of aromatic nitrogens is 2. The first-order valence-corrected chi connectivity index (χ1v) is 11.1. The van der Waals surface area contributed by atoms with Gasteiger partial charge in [-0.1, -0.05) is 50.2 Å². The predicted octanol–water partition coefficient (Wildman–Crippen LogP) is 3.53. The first-order chi connectivity index (χ1) is 15.4. The number of aromatic amines is 1. The van der Waals surface area contributed by atoms with E-state index in [1.54, 1.807) is 18.2 Å². The highest BCUT2D eigenvalue weighted by Gasteiger charge is 2.35. The number of carbonyl (C=O) groups excluding carboxylic acids is 1. The Balaban J connectivity index is 1.55. The number of benzene rings is 2. The van der Waals surface area contributed by atoms with Gasteiger partial charge in [-0.15, -0.1) is 0 Å². The Morgan fingerprint density at radius 1 is 1.09 bits per heavy atom. The Kier molecular flexibility index (Phi) is 6.37. The normalized spacial score (nSPS) is 18.3. The Bertz CT molecular complexity index is 1180. The van der Waals surface area contributed by atoms with Crippen molar-refractivity contribution in [3.05, 3.63) is 76.0 Å². The second kappa shape index (κ2) is 9.20. The van der Waals surface area contributed by atoms with Crippen molar-refractivity contribution < 1.29 is 9.18 Å². The third-order valence-electron chi connectivity index (χ3n) is 6.41. The fourth-order valence-electron chi connectivity index (χ4n) is 4.56. The standard InChI is InChI=1S/C25H29FN4O2/c1-16(2)22-15-29(14-18-8-4-7-11-21(18)26)12-13-30(22)25(32)17(3)23-19-9-5-6-10-20(19)24(31)28-27-23/h4-11,16-17,22H,12-15H2,1-3H3,(H,28,31)/t17?,22-/m1/s1. The number of carbonyl (C=O) groups is 1. The second-order valence-electron chi connectivity index (χ2n) is 8.87. The van der Waals surface area contributed by atoms with Crippen LogP contribution in [0.15, 0.2) is 53.3 Å². The maximum Gasteiger partial charge on any atom is 0.272 e. The van der Waals surface area contributed by atoms with Crippen LogP contribution in [-0.4, -0.2) is 51.6 Å². The van der Waals surface area contributed by atoms with Crippen LogP contribution in [0.25, 0.3) is 10.8 Å². The molecule has 1 aliphatic heterocycles. The molecule has 1 N–H and O–H groups in total. The summed E-state index contributed by atoms with van der Waals surface area (Å²) in [6.07, 6.45) is 0. The van der Waals surface area contributed by atoms with Crippen molar-refractivity contribution in [2.24, 2.45) is 5.92 Å². The molecule has 2 aromatic carbocycles. The summed E-state index contributed by atoms with van der Waals surface area (Å²) in [6.45, 7) is 8.52. The third kappa shape index (κ3) is 4.30. The number of rotatable bonds is 5. The summed E-state index contributed by atoms with van der Waals surface area (Å²) in [7, 11) is 0. The molecule has 1 saturated heterocycles. The maximum absolute atomic E-state index is 14.1. The number of fused-ring (bicyclic) bond motifs is 1. The van der Waals surface area contributed by atoms with Gasteiger partial charge in [0.15, 0.2) is 0 Å². The van der Waals surface area contributed by atoms with E-state index >= 15 is 0 Å². The molecule has 0 bridgehead atoms. The smallest absolute Gasteiger partial charge is 0.272 e. The van der Waals surface area contributed by atoms with Gasteiger partial charge in [-0.2, -0.15) is 5.10 Å². The molecule has 3 aromatic rings. The molecule has 168 valence electrons. The average molecular weight is 437 g/mol. The van der Waals surface area contributed by atoms with E-state index in [-0.39, 0.29) is 29.2 Å². The highest BCUT2D eigenvalue weighted by molar-refractivity contribution is 5.91. The van der Waals surface area contributed by atoms with Crippen LogP contribution >= 0.6 is 0 Å². The lowest BCUT2D eigenvalue weighted by Crippen LogP contribution is -2.57. The van der Waals surface area contributed by atoms with Gasteiger partial charge in [-0.25, -0.2) is 9.49 Å². The van der Waals surface area contributed by atoms with Crippen LogP contribution in [-0.2, 0) is 11.3 Å². The largest absolute Gasteiger partial charge is 0.336 e.